The number of hydrogen-bond acceptors (Lipinski definition) is 3. The average molecular weight is 310 g/mol. The van der Waals surface area contributed by atoms with Crippen molar-refractivity contribution in [3.8, 4) is 11.5 Å². The quantitative estimate of drug-likeness (QED) is 0.755. The highest BCUT2D eigenvalue weighted by atomic mass is 16.5. The topological polar surface area (TPSA) is 49.4 Å². The van der Waals surface area contributed by atoms with E-state index in [0.29, 0.717) is 13.2 Å². The molecule has 120 valence electrons. The lowest BCUT2D eigenvalue weighted by Crippen LogP contribution is -1.97. The number of methoxy groups -OCH3 is 1. The third-order valence-electron chi connectivity index (χ3n) is 4.04. The Balaban J connectivity index is 1.89. The van der Waals surface area contributed by atoms with Crippen molar-refractivity contribution in [3.05, 3.63) is 59.8 Å². The number of benzene rings is 2. The van der Waals surface area contributed by atoms with Gasteiger partial charge in [0.05, 0.1) is 7.11 Å². The van der Waals surface area contributed by atoms with Crippen LogP contribution in [0.2, 0.25) is 0 Å². The zero-order chi connectivity index (χ0) is 16.2. The highest BCUT2D eigenvalue weighted by Crippen LogP contribution is 2.25. The van der Waals surface area contributed by atoms with E-state index in [1.165, 1.54) is 16.5 Å². The van der Waals surface area contributed by atoms with E-state index in [4.69, 9.17) is 15.2 Å². The summed E-state index contributed by atoms with van der Waals surface area (Å²) in [7, 11) is 1.66. The normalized spacial score (nSPS) is 10.9. The smallest absolute Gasteiger partial charge is 0.123 e. The van der Waals surface area contributed by atoms with Crippen LogP contribution in [0, 0.1) is 0 Å². The number of fused-ring (bicyclic) bond motifs is 1. The Hall–Kier alpha value is -2.46. The summed E-state index contributed by atoms with van der Waals surface area (Å²) in [4.78, 5) is 0. The number of ether oxygens (including phenoxy) is 2. The molecule has 0 aliphatic rings. The molecular weight excluding hydrogens is 288 g/mol. The molecule has 0 bridgehead atoms. The van der Waals surface area contributed by atoms with Crippen LogP contribution < -0.4 is 15.2 Å². The third kappa shape index (κ3) is 3.17. The molecule has 0 aliphatic carbocycles. The summed E-state index contributed by atoms with van der Waals surface area (Å²) in [6, 6.07) is 14.0. The highest BCUT2D eigenvalue weighted by molar-refractivity contribution is 5.84. The average Bonchev–Trinajstić information content (AvgIpc) is 2.97. The maximum atomic E-state index is 5.95. The first-order valence-electron chi connectivity index (χ1n) is 7.82. The summed E-state index contributed by atoms with van der Waals surface area (Å²) in [6.45, 7) is 4.13. The lowest BCUT2D eigenvalue weighted by atomic mass is 10.1. The molecule has 4 heteroatoms. The number of aromatic nitrogens is 1. The number of aryl methyl sites for hydroxylation is 1. The molecule has 0 aliphatic heterocycles. The molecule has 3 aromatic rings. The van der Waals surface area contributed by atoms with Gasteiger partial charge in [-0.25, -0.2) is 0 Å². The van der Waals surface area contributed by atoms with Crippen molar-refractivity contribution in [3.63, 3.8) is 0 Å². The Morgan fingerprint density at radius 1 is 1.09 bits per heavy atom. The van der Waals surface area contributed by atoms with Gasteiger partial charge in [-0.15, -0.1) is 0 Å². The van der Waals surface area contributed by atoms with Crippen molar-refractivity contribution in [1.29, 1.82) is 0 Å². The Morgan fingerprint density at radius 3 is 2.65 bits per heavy atom. The molecule has 0 saturated carbocycles. The Bertz CT molecular complexity index is 808. The van der Waals surface area contributed by atoms with Gasteiger partial charge in [-0.3, -0.25) is 0 Å². The van der Waals surface area contributed by atoms with Crippen LogP contribution in [-0.2, 0) is 19.7 Å². The summed E-state index contributed by atoms with van der Waals surface area (Å²) in [5.74, 6) is 1.60. The van der Waals surface area contributed by atoms with Gasteiger partial charge in [-0.05, 0) is 36.8 Å². The molecular formula is C19H22N2O2. The molecule has 0 atom stereocenters. The largest absolute Gasteiger partial charge is 0.497 e. The summed E-state index contributed by atoms with van der Waals surface area (Å²) in [5.41, 5.74) is 9.29. The van der Waals surface area contributed by atoms with E-state index in [1.54, 1.807) is 7.11 Å². The fourth-order valence-electron chi connectivity index (χ4n) is 2.77. The van der Waals surface area contributed by atoms with E-state index >= 15 is 0 Å². The fourth-order valence-corrected chi connectivity index (χ4v) is 2.77. The van der Waals surface area contributed by atoms with Crippen LogP contribution in [0.25, 0.3) is 10.9 Å². The van der Waals surface area contributed by atoms with Gasteiger partial charge in [-0.1, -0.05) is 12.1 Å². The van der Waals surface area contributed by atoms with Gasteiger partial charge in [0, 0.05) is 41.8 Å². The molecule has 1 aromatic heterocycles. The Morgan fingerprint density at radius 2 is 1.91 bits per heavy atom. The maximum Gasteiger partial charge on any atom is 0.123 e. The van der Waals surface area contributed by atoms with Crippen LogP contribution in [0.5, 0.6) is 11.5 Å². The zero-order valence-electron chi connectivity index (χ0n) is 13.6. The molecule has 2 aromatic carbocycles. The molecule has 0 fully saturated rings. The van der Waals surface area contributed by atoms with Crippen molar-refractivity contribution in [2.24, 2.45) is 5.73 Å². The van der Waals surface area contributed by atoms with Gasteiger partial charge in [0.25, 0.3) is 0 Å². The SMILES string of the molecule is CCn1cc(COc2cccc(OC)c2)c2cc(CN)ccc21. The summed E-state index contributed by atoms with van der Waals surface area (Å²) < 4.78 is 13.4. The van der Waals surface area contributed by atoms with Gasteiger partial charge in [0.1, 0.15) is 18.1 Å². The van der Waals surface area contributed by atoms with E-state index in [2.05, 4.69) is 35.9 Å². The summed E-state index contributed by atoms with van der Waals surface area (Å²) >= 11 is 0. The van der Waals surface area contributed by atoms with Crippen LogP contribution in [-0.4, -0.2) is 11.7 Å². The summed E-state index contributed by atoms with van der Waals surface area (Å²) in [6.07, 6.45) is 2.16. The zero-order valence-corrected chi connectivity index (χ0v) is 13.6. The minimum absolute atomic E-state index is 0.519. The van der Waals surface area contributed by atoms with E-state index in [9.17, 15) is 0 Å². The monoisotopic (exact) mass is 310 g/mol. The minimum atomic E-state index is 0.519. The lowest BCUT2D eigenvalue weighted by Gasteiger charge is -2.07. The van der Waals surface area contributed by atoms with Crippen LogP contribution in [0.15, 0.2) is 48.7 Å². The van der Waals surface area contributed by atoms with Crippen molar-refractivity contribution in [2.75, 3.05) is 7.11 Å². The van der Waals surface area contributed by atoms with Crippen LogP contribution in [0.3, 0.4) is 0 Å². The van der Waals surface area contributed by atoms with E-state index in [-0.39, 0.29) is 0 Å². The van der Waals surface area contributed by atoms with Gasteiger partial charge >= 0.3 is 0 Å². The van der Waals surface area contributed by atoms with Gasteiger partial charge in [-0.2, -0.15) is 0 Å². The number of nitrogens with two attached hydrogens (primary N) is 1. The molecule has 4 nitrogen and oxygen atoms in total. The number of rotatable bonds is 6. The first-order chi connectivity index (χ1) is 11.2. The van der Waals surface area contributed by atoms with Crippen LogP contribution in [0.1, 0.15) is 18.1 Å². The molecule has 23 heavy (non-hydrogen) atoms. The van der Waals surface area contributed by atoms with Gasteiger partial charge < -0.3 is 19.8 Å². The predicted molar refractivity (Wildman–Crippen MR) is 92.8 cm³/mol. The second-order valence-corrected chi connectivity index (χ2v) is 5.46. The lowest BCUT2D eigenvalue weighted by molar-refractivity contribution is 0.304. The minimum Gasteiger partial charge on any atom is -0.497 e. The number of nitrogens with zero attached hydrogens (tertiary/aromatic N) is 1. The molecule has 0 radical (unpaired) electrons. The second-order valence-electron chi connectivity index (χ2n) is 5.46. The van der Waals surface area contributed by atoms with E-state index in [0.717, 1.165) is 23.6 Å². The molecule has 1 heterocycles. The predicted octanol–water partition coefficient (Wildman–Crippen LogP) is 3.71. The maximum absolute atomic E-state index is 5.95. The first kappa shape index (κ1) is 15.4. The molecule has 2 N–H and O–H groups in total. The molecule has 3 rings (SSSR count). The molecule has 0 unspecified atom stereocenters. The third-order valence-corrected chi connectivity index (χ3v) is 4.04. The first-order valence-corrected chi connectivity index (χ1v) is 7.82. The van der Waals surface area contributed by atoms with E-state index < -0.39 is 0 Å². The van der Waals surface area contributed by atoms with Gasteiger partial charge in [0.15, 0.2) is 0 Å². The second kappa shape index (κ2) is 6.75. The Labute approximate surface area is 136 Å². The van der Waals surface area contributed by atoms with Crippen molar-refractivity contribution in [1.82, 2.24) is 4.57 Å². The van der Waals surface area contributed by atoms with E-state index in [1.807, 2.05) is 24.3 Å². The standard InChI is InChI=1S/C19H22N2O2/c1-3-21-12-15(18-9-14(11-20)7-8-19(18)21)13-23-17-6-4-5-16(10-17)22-2/h4-10,12H,3,11,13,20H2,1-2H3. The fraction of sp³-hybridized carbons (Fsp3) is 0.263. The van der Waals surface area contributed by atoms with Crippen LogP contribution in [0.4, 0.5) is 0 Å². The number of hydrogen-bond donors (Lipinski definition) is 1. The van der Waals surface area contributed by atoms with Crippen LogP contribution >= 0.6 is 0 Å². The molecule has 0 saturated heterocycles. The summed E-state index contributed by atoms with van der Waals surface area (Å²) in [5, 5.41) is 1.21. The van der Waals surface area contributed by atoms with Gasteiger partial charge in [0.2, 0.25) is 0 Å². The molecule has 0 spiro atoms. The van der Waals surface area contributed by atoms with Crippen molar-refractivity contribution < 1.29 is 9.47 Å². The van der Waals surface area contributed by atoms with Crippen molar-refractivity contribution >= 4 is 10.9 Å². The highest BCUT2D eigenvalue weighted by Gasteiger charge is 2.09. The Kier molecular flexibility index (Phi) is 4.53. The van der Waals surface area contributed by atoms with Crippen molar-refractivity contribution in [2.45, 2.75) is 26.6 Å². The molecule has 0 amide bonds.